The number of nitrogens with zero attached hydrogens (tertiary/aromatic N) is 1. The molecule has 47 valence electrons. The maximum Gasteiger partial charge on any atom is 0.360 e. The molecule has 1 aromatic heterocycles. The van der Waals surface area contributed by atoms with Crippen molar-refractivity contribution in [2.75, 3.05) is 7.11 Å². The van der Waals surface area contributed by atoms with Crippen LogP contribution in [0.2, 0.25) is 0 Å². The van der Waals surface area contributed by atoms with Crippen LogP contribution in [0.5, 0.6) is 0 Å². The van der Waals surface area contributed by atoms with Crippen molar-refractivity contribution in [3.8, 4) is 0 Å². The molecule has 4 heteroatoms. The van der Waals surface area contributed by atoms with Crippen LogP contribution < -0.4 is 0 Å². The van der Waals surface area contributed by atoms with Crippen molar-refractivity contribution in [3.05, 3.63) is 18.0 Å². The first-order valence-corrected chi connectivity index (χ1v) is 2.25. The summed E-state index contributed by atoms with van der Waals surface area (Å²) in [4.78, 5) is 10.5. The summed E-state index contributed by atoms with van der Waals surface area (Å²) < 4.78 is 8.57. The Morgan fingerprint density at radius 3 is 3.22 bits per heavy atom. The van der Waals surface area contributed by atoms with Crippen LogP contribution in [0.25, 0.3) is 0 Å². The van der Waals surface area contributed by atoms with Crippen molar-refractivity contribution in [1.29, 1.82) is 0 Å². The van der Waals surface area contributed by atoms with Crippen LogP contribution in [0.4, 0.5) is 0 Å². The van der Waals surface area contributed by atoms with Crippen LogP contribution >= 0.6 is 0 Å². The molecule has 0 amide bonds. The Hall–Kier alpha value is -1.32. The number of ether oxygens (including phenoxy) is 1. The molecule has 1 rings (SSSR count). The molecule has 0 spiro atoms. The third-order valence-corrected chi connectivity index (χ3v) is 0.787. The second-order valence-electron chi connectivity index (χ2n) is 1.32. The first-order chi connectivity index (χ1) is 4.34. The number of carbonyl (C=O) groups is 1. The molecule has 0 N–H and O–H groups in total. The first kappa shape index (κ1) is 5.81. The van der Waals surface area contributed by atoms with Gasteiger partial charge in [0.2, 0.25) is 6.26 Å². The molecule has 0 saturated heterocycles. The third kappa shape index (κ3) is 1.07. The second kappa shape index (κ2) is 2.30. The Morgan fingerprint density at radius 1 is 2.00 bits per heavy atom. The van der Waals surface area contributed by atoms with E-state index < -0.39 is 5.97 Å². The zero-order valence-corrected chi connectivity index (χ0v) is 4.75. The van der Waals surface area contributed by atoms with Gasteiger partial charge in [0.1, 0.15) is 0 Å². The van der Waals surface area contributed by atoms with Crippen molar-refractivity contribution in [2.24, 2.45) is 0 Å². The van der Waals surface area contributed by atoms with E-state index in [4.69, 9.17) is 0 Å². The Kier molecular flexibility index (Phi) is 1.48. The summed E-state index contributed by atoms with van der Waals surface area (Å²) in [5, 5.41) is 3.28. The lowest BCUT2D eigenvalue weighted by Crippen LogP contribution is -2.00. The van der Waals surface area contributed by atoms with Gasteiger partial charge in [-0.3, -0.25) is 0 Å². The predicted molar refractivity (Wildman–Crippen MR) is 26.7 cm³/mol. The molecule has 0 aliphatic carbocycles. The first-order valence-electron chi connectivity index (χ1n) is 2.25. The fourth-order valence-corrected chi connectivity index (χ4v) is 0.385. The highest BCUT2D eigenvalue weighted by atomic mass is 16.5. The van der Waals surface area contributed by atoms with Gasteiger partial charge in [0.05, 0.1) is 7.11 Å². The molecule has 0 atom stereocenters. The minimum atomic E-state index is -0.514. The molecule has 9 heavy (non-hydrogen) atoms. The van der Waals surface area contributed by atoms with Crippen LogP contribution in [0.3, 0.4) is 0 Å². The molecule has 1 radical (unpaired) electrons. The number of methoxy groups -OCH3 is 1. The molecule has 0 aliphatic rings. The molecule has 0 saturated carbocycles. The predicted octanol–water partition coefficient (Wildman–Crippen LogP) is 0.261. The molecular weight excluding hydrogens is 122 g/mol. The number of rotatable bonds is 1. The number of hydrogen-bond acceptors (Lipinski definition) is 4. The van der Waals surface area contributed by atoms with Crippen LogP contribution in [0, 0.1) is 6.26 Å². The van der Waals surface area contributed by atoms with Crippen molar-refractivity contribution >= 4 is 5.97 Å². The summed E-state index contributed by atoms with van der Waals surface area (Å²) in [5.74, 6) is -0.514. The average molecular weight is 126 g/mol. The van der Waals surface area contributed by atoms with Gasteiger partial charge < -0.3 is 9.26 Å². The molecule has 0 unspecified atom stereocenters. The molecule has 1 aromatic rings. The van der Waals surface area contributed by atoms with Crippen LogP contribution in [0.1, 0.15) is 10.5 Å². The van der Waals surface area contributed by atoms with Gasteiger partial charge in [-0.1, -0.05) is 5.16 Å². The van der Waals surface area contributed by atoms with Crippen LogP contribution in [-0.4, -0.2) is 18.2 Å². The highest BCUT2D eigenvalue weighted by Gasteiger charge is 2.06. The van der Waals surface area contributed by atoms with Gasteiger partial charge in [-0.15, -0.1) is 0 Å². The molecule has 0 aliphatic heterocycles. The topological polar surface area (TPSA) is 52.3 Å². The van der Waals surface area contributed by atoms with Crippen molar-refractivity contribution < 1.29 is 14.1 Å². The van der Waals surface area contributed by atoms with Gasteiger partial charge in [0.15, 0.2) is 5.69 Å². The molecule has 0 bridgehead atoms. The van der Waals surface area contributed by atoms with Gasteiger partial charge in [0, 0.05) is 6.07 Å². The van der Waals surface area contributed by atoms with Gasteiger partial charge in [-0.25, -0.2) is 4.79 Å². The van der Waals surface area contributed by atoms with E-state index in [1.807, 2.05) is 0 Å². The Morgan fingerprint density at radius 2 is 2.78 bits per heavy atom. The summed E-state index contributed by atoms with van der Waals surface area (Å²) in [6.07, 6.45) is 2.26. The van der Waals surface area contributed by atoms with Gasteiger partial charge >= 0.3 is 5.97 Å². The van der Waals surface area contributed by atoms with E-state index in [1.54, 1.807) is 0 Å². The molecular formula is C5H4NO3. The van der Waals surface area contributed by atoms with E-state index in [0.29, 0.717) is 0 Å². The smallest absolute Gasteiger partial charge is 0.360 e. The fourth-order valence-electron chi connectivity index (χ4n) is 0.385. The molecule has 1 heterocycles. The quantitative estimate of drug-likeness (QED) is 0.506. The van der Waals surface area contributed by atoms with Gasteiger partial charge in [-0.05, 0) is 0 Å². The van der Waals surface area contributed by atoms with Gasteiger partial charge in [-0.2, -0.15) is 0 Å². The van der Waals surface area contributed by atoms with Crippen LogP contribution in [0.15, 0.2) is 10.6 Å². The lowest BCUT2D eigenvalue weighted by Gasteiger charge is -1.87. The van der Waals surface area contributed by atoms with E-state index in [-0.39, 0.29) is 5.69 Å². The minimum Gasteiger partial charge on any atom is -0.464 e. The second-order valence-corrected chi connectivity index (χ2v) is 1.32. The average Bonchev–Trinajstić information content (AvgIpc) is 2.37. The Labute approximate surface area is 51.4 Å². The summed E-state index contributed by atoms with van der Waals surface area (Å²) in [6.45, 7) is 0. The maximum atomic E-state index is 10.5. The SMILES string of the molecule is COC(=O)c1c[c]on1. The molecule has 0 aromatic carbocycles. The number of hydrogen-bond donors (Lipinski definition) is 0. The van der Waals surface area contributed by atoms with E-state index >= 15 is 0 Å². The Balaban J connectivity index is 2.77. The largest absolute Gasteiger partial charge is 0.464 e. The van der Waals surface area contributed by atoms with Crippen molar-refractivity contribution in [2.45, 2.75) is 0 Å². The van der Waals surface area contributed by atoms with E-state index in [0.717, 1.165) is 0 Å². The summed E-state index contributed by atoms with van der Waals surface area (Å²) in [6, 6.07) is 1.31. The van der Waals surface area contributed by atoms with Crippen molar-refractivity contribution in [1.82, 2.24) is 5.16 Å². The third-order valence-electron chi connectivity index (χ3n) is 0.787. The lowest BCUT2D eigenvalue weighted by molar-refractivity contribution is 0.0589. The molecule has 4 nitrogen and oxygen atoms in total. The van der Waals surface area contributed by atoms with Gasteiger partial charge in [0.25, 0.3) is 0 Å². The number of esters is 1. The standard InChI is InChI=1S/C5H4NO3/c1-8-5(7)4-2-3-9-6-4/h2H,1H3. The summed E-state index contributed by atoms with van der Waals surface area (Å²) in [5.41, 5.74) is 0.137. The highest BCUT2D eigenvalue weighted by Crippen LogP contribution is 1.94. The highest BCUT2D eigenvalue weighted by molar-refractivity contribution is 5.86. The minimum absolute atomic E-state index is 0.137. The Bertz CT molecular complexity index is 192. The lowest BCUT2D eigenvalue weighted by atomic mass is 10.4. The summed E-state index contributed by atoms with van der Waals surface area (Å²) >= 11 is 0. The van der Waals surface area contributed by atoms with Crippen LogP contribution in [-0.2, 0) is 4.74 Å². The summed E-state index contributed by atoms with van der Waals surface area (Å²) in [7, 11) is 1.27. The number of carbonyl (C=O) groups excluding carboxylic acids is 1. The normalized spacial score (nSPS) is 9.00. The zero-order chi connectivity index (χ0) is 6.69. The van der Waals surface area contributed by atoms with E-state index in [2.05, 4.69) is 20.7 Å². The molecule has 0 fully saturated rings. The fraction of sp³-hybridized carbons (Fsp3) is 0.200. The zero-order valence-electron chi connectivity index (χ0n) is 4.75. The maximum absolute atomic E-state index is 10.5. The van der Waals surface area contributed by atoms with E-state index in [9.17, 15) is 4.79 Å². The van der Waals surface area contributed by atoms with Crippen molar-refractivity contribution in [3.63, 3.8) is 0 Å². The number of aromatic nitrogens is 1. The monoisotopic (exact) mass is 126 g/mol. The van der Waals surface area contributed by atoms with E-state index in [1.165, 1.54) is 13.2 Å².